The van der Waals surface area contributed by atoms with Crippen LogP contribution in [0.2, 0.25) is 0 Å². The van der Waals surface area contributed by atoms with E-state index in [-0.39, 0.29) is 5.48 Å². The van der Waals surface area contributed by atoms with E-state index in [1.54, 1.807) is 0 Å². The lowest BCUT2D eigenvalue weighted by Crippen LogP contribution is -1.89. The number of rotatable bonds is 0. The van der Waals surface area contributed by atoms with Crippen molar-refractivity contribution in [3.8, 4) is 0 Å². The molecule has 0 rings (SSSR count). The van der Waals surface area contributed by atoms with Gasteiger partial charge in [0.25, 0.3) is 0 Å². The maximum Gasteiger partial charge on any atom is -0.0472 e. The number of hydrogen-bond acceptors (Lipinski definition) is 2. The normalized spacial score (nSPS) is 4.50. The van der Waals surface area contributed by atoms with Crippen molar-refractivity contribution in [1.82, 2.24) is 5.64 Å². The van der Waals surface area contributed by atoms with E-state index < -0.39 is 0 Å². The van der Waals surface area contributed by atoms with Gasteiger partial charge in [0.1, 0.15) is 0 Å². The predicted octanol–water partition coefficient (Wildman–Crippen LogP) is -0.866. The van der Waals surface area contributed by atoms with Crippen LogP contribution in [-0.4, -0.2) is 10.7 Å². The quantitative estimate of drug-likeness (QED) is 0.321. The van der Waals surface area contributed by atoms with Crippen molar-refractivity contribution >= 4 is 0 Å². The lowest BCUT2D eigenvalue weighted by Gasteiger charge is -1.54. The zero-order valence-corrected chi connectivity index (χ0v) is 1.80. The van der Waals surface area contributed by atoms with Gasteiger partial charge in [-0.25, -0.2) is 0 Å². The Balaban J connectivity index is 0. The maximum atomic E-state index is 8.24. The highest BCUT2D eigenvalue weighted by Crippen LogP contribution is 0.984. The Morgan fingerprint density at radius 1 is 1.75 bits per heavy atom. The summed E-state index contributed by atoms with van der Waals surface area (Å²) in [6, 6.07) is 0. The van der Waals surface area contributed by atoms with Crippen molar-refractivity contribution in [2.45, 2.75) is 0 Å². The minimum atomic E-state index is 0. The van der Waals surface area contributed by atoms with Gasteiger partial charge in [0.05, 0.1) is 0 Å². The molecule has 0 heterocycles. The third-order valence-corrected chi connectivity index (χ3v) is 0. The molecule has 0 aliphatic rings. The first kappa shape index (κ1) is 9.15. The summed E-state index contributed by atoms with van der Waals surface area (Å²) in [4.78, 5) is 0. The second-order valence-corrected chi connectivity index (χ2v) is 0.0913. The van der Waals surface area contributed by atoms with Crippen LogP contribution in [0, 0.1) is 0 Å². The third-order valence-electron chi connectivity index (χ3n) is 0. The third kappa shape index (κ3) is 50.7. The molecule has 4 heavy (non-hydrogen) atoms. The lowest BCUT2D eigenvalue weighted by atomic mass is 13.3. The van der Waals surface area contributed by atoms with Crippen molar-refractivity contribution in [2.24, 2.45) is 0 Å². The summed E-state index contributed by atoms with van der Waals surface area (Å²) in [5, 5.41) is 15.0. The second-order valence-electron chi connectivity index (χ2n) is 0.0913. The van der Waals surface area contributed by atoms with Crippen LogP contribution >= 0.6 is 0 Å². The van der Waals surface area contributed by atoms with E-state index in [4.69, 9.17) is 10.4 Å². The van der Waals surface area contributed by atoms with Gasteiger partial charge in [0, 0.05) is 0 Å². The molecule has 26 valence electrons. The molecule has 4 heteroatoms. The zero-order valence-electron chi connectivity index (χ0n) is 1.80. The fourth-order valence-corrected chi connectivity index (χ4v) is 0. The monoisotopic (exact) mass is 65.0 g/mol. The molecular formula is H3NO3. The Hall–Kier alpha value is -0.160. The minimum absolute atomic E-state index is 0. The lowest BCUT2D eigenvalue weighted by molar-refractivity contribution is -0.121. The Bertz CT molecular complexity index is 3.25. The van der Waals surface area contributed by atoms with Crippen LogP contribution in [0.5, 0.6) is 0 Å². The summed E-state index contributed by atoms with van der Waals surface area (Å²) in [5.74, 6) is 0. The summed E-state index contributed by atoms with van der Waals surface area (Å²) in [5.41, 5.74) is 0.500. The molecule has 0 aliphatic heterocycles. The van der Waals surface area contributed by atoms with Gasteiger partial charge in [0.15, 0.2) is 0 Å². The van der Waals surface area contributed by atoms with Crippen LogP contribution in [0.4, 0.5) is 0 Å². The van der Waals surface area contributed by atoms with E-state index in [0.29, 0.717) is 5.64 Å². The van der Waals surface area contributed by atoms with Crippen molar-refractivity contribution in [3.63, 3.8) is 0 Å². The fraction of sp³-hybridized carbons (Fsp3) is 0. The molecule has 0 amide bonds. The van der Waals surface area contributed by atoms with Crippen LogP contribution < -0.4 is 5.64 Å². The van der Waals surface area contributed by atoms with E-state index in [1.807, 2.05) is 0 Å². The molecule has 0 aliphatic carbocycles. The van der Waals surface area contributed by atoms with Gasteiger partial charge < -0.3 is 0 Å². The Morgan fingerprint density at radius 2 is 1.75 bits per heavy atom. The van der Waals surface area contributed by atoms with Gasteiger partial charge in [0.2, 0.25) is 0 Å². The number of nitrogens with one attached hydrogen (secondary N) is 1. The first-order valence-electron chi connectivity index (χ1n) is 0.428. The smallest absolute Gasteiger partial charge is 0.0472 e. The van der Waals surface area contributed by atoms with Gasteiger partial charge in [-0.15, -0.1) is 0 Å². The van der Waals surface area contributed by atoms with Crippen LogP contribution in [0.25, 0.3) is 0 Å². The molecule has 2 radical (unpaired) electrons. The number of hydrogen-bond donors (Lipinski definition) is 3. The molecule has 0 fully saturated rings. The molecule has 0 bridgehead atoms. The van der Waals surface area contributed by atoms with E-state index in [9.17, 15) is 0 Å². The minimum Gasteiger partial charge on any atom is -0.290 e. The van der Waals surface area contributed by atoms with Gasteiger partial charge in [-0.05, 0) is 5.64 Å². The highest BCUT2D eigenvalue weighted by atomic mass is 16.7. The van der Waals surface area contributed by atoms with E-state index in [2.05, 4.69) is 0 Å². The molecule has 0 aromatic carbocycles. The SMILES string of the molecule is [OH].[O]NO. The summed E-state index contributed by atoms with van der Waals surface area (Å²) < 4.78 is 0. The van der Waals surface area contributed by atoms with Crippen LogP contribution in [-0.2, 0) is 5.21 Å². The summed E-state index contributed by atoms with van der Waals surface area (Å²) in [6.07, 6.45) is 0. The van der Waals surface area contributed by atoms with E-state index in [1.165, 1.54) is 0 Å². The molecule has 0 aromatic rings. The Kier molecular flexibility index (Phi) is 31.2. The molecule has 0 saturated carbocycles. The molecule has 0 saturated heterocycles. The molecule has 3 N–H and O–H groups in total. The molecule has 0 spiro atoms. The summed E-state index contributed by atoms with van der Waals surface area (Å²) in [6.45, 7) is 0. The highest BCUT2D eigenvalue weighted by molar-refractivity contribution is 3.05. The molecule has 0 atom stereocenters. The van der Waals surface area contributed by atoms with Gasteiger partial charge in [-0.1, -0.05) is 5.21 Å². The van der Waals surface area contributed by atoms with Crippen molar-refractivity contribution < 1.29 is 15.9 Å². The predicted molar refractivity (Wildman–Crippen MR) is 7.54 cm³/mol. The van der Waals surface area contributed by atoms with Crippen molar-refractivity contribution in [2.75, 3.05) is 0 Å². The summed E-state index contributed by atoms with van der Waals surface area (Å²) in [7, 11) is 0. The summed E-state index contributed by atoms with van der Waals surface area (Å²) >= 11 is 0. The topological polar surface area (TPSA) is 82.2 Å². The zero-order chi connectivity index (χ0) is 2.71. The maximum absolute atomic E-state index is 8.24. The molecule has 4 nitrogen and oxygen atoms in total. The fourth-order valence-electron chi connectivity index (χ4n) is 0. The second kappa shape index (κ2) is 13.6. The van der Waals surface area contributed by atoms with Crippen LogP contribution in [0.1, 0.15) is 0 Å². The Morgan fingerprint density at radius 3 is 1.75 bits per heavy atom. The van der Waals surface area contributed by atoms with Crippen molar-refractivity contribution in [3.05, 3.63) is 0 Å². The average Bonchev–Trinajstić information content (AvgIpc) is 0.918. The Labute approximate surface area is 22.9 Å². The average molecular weight is 65.0 g/mol. The first-order valence-corrected chi connectivity index (χ1v) is 0.428. The van der Waals surface area contributed by atoms with Crippen LogP contribution in [0.3, 0.4) is 0 Å². The van der Waals surface area contributed by atoms with E-state index >= 15 is 0 Å². The van der Waals surface area contributed by atoms with Crippen LogP contribution in [0.15, 0.2) is 0 Å². The molecule has 0 aromatic heterocycles. The first-order chi connectivity index (χ1) is 1.41. The van der Waals surface area contributed by atoms with Crippen molar-refractivity contribution in [1.29, 1.82) is 0 Å². The standard InChI is InChI=1S/H2NO2.HO/c2-1-3;/h1-2H;1H. The highest BCUT2D eigenvalue weighted by Gasteiger charge is 1.30. The van der Waals surface area contributed by atoms with Gasteiger partial charge >= 0.3 is 0 Å². The van der Waals surface area contributed by atoms with E-state index in [0.717, 1.165) is 0 Å². The van der Waals surface area contributed by atoms with Gasteiger partial charge in [-0.3, -0.25) is 10.7 Å². The van der Waals surface area contributed by atoms with Gasteiger partial charge in [-0.2, -0.15) is 0 Å². The molecular weight excluding hydrogens is 62.0 g/mol. The largest absolute Gasteiger partial charge is 0.290 e. The molecule has 0 unspecified atom stereocenters.